The van der Waals surface area contributed by atoms with Crippen LogP contribution < -0.4 is 9.64 Å². The molecule has 0 saturated carbocycles. The molecule has 4 rings (SSSR count). The van der Waals surface area contributed by atoms with E-state index in [1.807, 2.05) is 23.1 Å². The Bertz CT molecular complexity index is 890. The topological polar surface area (TPSA) is 71.5 Å². The smallest absolute Gasteiger partial charge is 0.274 e. The third-order valence-electron chi connectivity index (χ3n) is 4.21. The molecule has 0 radical (unpaired) electrons. The number of hydrogen-bond donors (Lipinski definition) is 0. The lowest BCUT2D eigenvalue weighted by Gasteiger charge is -2.34. The van der Waals surface area contributed by atoms with Crippen LogP contribution in [0.5, 0.6) is 5.75 Å². The lowest BCUT2D eigenvalue weighted by Crippen LogP contribution is -2.49. The second-order valence-electron chi connectivity index (χ2n) is 5.67. The number of aromatic nitrogens is 3. The Morgan fingerprint density at radius 2 is 2.04 bits per heavy atom. The summed E-state index contributed by atoms with van der Waals surface area (Å²) in [5.74, 6) is 0.718. The van der Waals surface area contributed by atoms with Crippen LogP contribution in [-0.4, -0.2) is 59.0 Å². The molecule has 1 amide bonds. The minimum atomic E-state index is -0.0706. The molecule has 0 unspecified atom stereocenters. The van der Waals surface area contributed by atoms with E-state index in [-0.39, 0.29) is 5.91 Å². The number of methoxy groups -OCH3 is 1. The Hall–Kier alpha value is -2.74. The molecule has 0 bridgehead atoms. The third kappa shape index (κ3) is 3.00. The minimum Gasteiger partial charge on any atom is -0.494 e. The van der Waals surface area contributed by atoms with Crippen LogP contribution in [0.15, 0.2) is 36.8 Å². The van der Waals surface area contributed by atoms with Crippen LogP contribution in [-0.2, 0) is 0 Å². The van der Waals surface area contributed by atoms with Crippen molar-refractivity contribution in [1.82, 2.24) is 19.9 Å². The van der Waals surface area contributed by atoms with E-state index in [4.69, 9.17) is 9.72 Å². The summed E-state index contributed by atoms with van der Waals surface area (Å²) in [6.45, 7) is 2.77. The number of ether oxygens (including phenoxy) is 1. The highest BCUT2D eigenvalue weighted by Crippen LogP contribution is 2.34. The van der Waals surface area contributed by atoms with E-state index in [0.717, 1.165) is 34.2 Å². The van der Waals surface area contributed by atoms with Gasteiger partial charge in [-0.05, 0) is 12.1 Å². The molecule has 1 saturated heterocycles. The van der Waals surface area contributed by atoms with Gasteiger partial charge in [-0.3, -0.25) is 9.78 Å². The van der Waals surface area contributed by atoms with E-state index < -0.39 is 0 Å². The summed E-state index contributed by atoms with van der Waals surface area (Å²) in [6, 6.07) is 5.94. The zero-order valence-corrected chi connectivity index (χ0v) is 14.6. The van der Waals surface area contributed by atoms with E-state index >= 15 is 0 Å². The van der Waals surface area contributed by atoms with Crippen molar-refractivity contribution in [3.05, 3.63) is 42.5 Å². The van der Waals surface area contributed by atoms with Crippen molar-refractivity contribution in [2.45, 2.75) is 0 Å². The van der Waals surface area contributed by atoms with E-state index in [9.17, 15) is 4.79 Å². The van der Waals surface area contributed by atoms with Gasteiger partial charge >= 0.3 is 0 Å². The van der Waals surface area contributed by atoms with Crippen LogP contribution in [0, 0.1) is 0 Å². The molecule has 1 fully saturated rings. The summed E-state index contributed by atoms with van der Waals surface area (Å²) in [5.41, 5.74) is 1.28. The first kappa shape index (κ1) is 15.8. The van der Waals surface area contributed by atoms with E-state index in [2.05, 4.69) is 14.9 Å². The van der Waals surface area contributed by atoms with Crippen LogP contribution in [0.4, 0.5) is 5.13 Å². The summed E-state index contributed by atoms with van der Waals surface area (Å²) >= 11 is 1.65. The predicted octanol–water partition coefficient (Wildman–Crippen LogP) is 2.06. The van der Waals surface area contributed by atoms with Gasteiger partial charge in [0.1, 0.15) is 17.0 Å². The maximum Gasteiger partial charge on any atom is 0.274 e. The van der Waals surface area contributed by atoms with Gasteiger partial charge in [0, 0.05) is 38.6 Å². The summed E-state index contributed by atoms with van der Waals surface area (Å²) in [5, 5.41) is 0.964. The second-order valence-corrected chi connectivity index (χ2v) is 6.68. The number of carbonyl (C=O) groups excluding carboxylic acids is 1. The average molecular weight is 355 g/mol. The number of rotatable bonds is 3. The van der Waals surface area contributed by atoms with Gasteiger partial charge in [-0.2, -0.15) is 0 Å². The van der Waals surface area contributed by atoms with E-state index in [0.29, 0.717) is 18.8 Å². The molecule has 128 valence electrons. The molecule has 1 aliphatic rings. The van der Waals surface area contributed by atoms with Crippen molar-refractivity contribution in [1.29, 1.82) is 0 Å². The number of fused-ring (bicyclic) bond motifs is 1. The Morgan fingerprint density at radius 3 is 2.76 bits per heavy atom. The largest absolute Gasteiger partial charge is 0.494 e. The number of thiazole rings is 1. The number of benzene rings is 1. The van der Waals surface area contributed by atoms with Gasteiger partial charge in [0.2, 0.25) is 0 Å². The van der Waals surface area contributed by atoms with Gasteiger partial charge in [0.05, 0.1) is 18.0 Å². The molecule has 0 N–H and O–H groups in total. The molecular weight excluding hydrogens is 338 g/mol. The molecule has 1 aromatic carbocycles. The first-order valence-corrected chi connectivity index (χ1v) is 8.81. The Labute approximate surface area is 148 Å². The quantitative estimate of drug-likeness (QED) is 0.716. The molecule has 3 heterocycles. The van der Waals surface area contributed by atoms with Crippen molar-refractivity contribution in [2.24, 2.45) is 0 Å². The van der Waals surface area contributed by atoms with E-state index in [1.54, 1.807) is 24.6 Å². The summed E-state index contributed by atoms with van der Waals surface area (Å²) in [7, 11) is 1.66. The molecule has 7 nitrogen and oxygen atoms in total. The Balaban J connectivity index is 1.48. The average Bonchev–Trinajstić information content (AvgIpc) is 3.12. The first-order valence-electron chi connectivity index (χ1n) is 8.00. The number of piperazine rings is 1. The normalized spacial score (nSPS) is 14.8. The minimum absolute atomic E-state index is 0.0706. The van der Waals surface area contributed by atoms with Crippen LogP contribution in [0.3, 0.4) is 0 Å². The lowest BCUT2D eigenvalue weighted by molar-refractivity contribution is 0.0740. The fourth-order valence-electron chi connectivity index (χ4n) is 2.88. The number of nitrogens with zero attached hydrogens (tertiary/aromatic N) is 5. The van der Waals surface area contributed by atoms with Crippen LogP contribution in [0.25, 0.3) is 10.2 Å². The lowest BCUT2D eigenvalue weighted by atomic mass is 10.3. The zero-order valence-electron chi connectivity index (χ0n) is 13.8. The standard InChI is InChI=1S/C17H17N5O2S/c1-24-13-3-2-4-14-15(13)20-17(25-14)22-9-7-21(8-10-22)16(23)12-11-18-5-6-19-12/h2-6,11H,7-10H2,1H3. The predicted molar refractivity (Wildman–Crippen MR) is 96.3 cm³/mol. The first-order chi connectivity index (χ1) is 12.3. The summed E-state index contributed by atoms with van der Waals surface area (Å²) < 4.78 is 6.49. The van der Waals surface area contributed by atoms with Crippen LogP contribution >= 0.6 is 11.3 Å². The van der Waals surface area contributed by atoms with Gasteiger partial charge in [-0.15, -0.1) is 0 Å². The Morgan fingerprint density at radius 1 is 1.20 bits per heavy atom. The highest BCUT2D eigenvalue weighted by molar-refractivity contribution is 7.22. The molecule has 1 aliphatic heterocycles. The molecule has 25 heavy (non-hydrogen) atoms. The van der Waals surface area contributed by atoms with Crippen LogP contribution in [0.2, 0.25) is 0 Å². The van der Waals surface area contributed by atoms with Crippen molar-refractivity contribution in [3.8, 4) is 5.75 Å². The number of hydrogen-bond acceptors (Lipinski definition) is 7. The summed E-state index contributed by atoms with van der Waals surface area (Å²) in [4.78, 5) is 29.2. The maximum atomic E-state index is 12.4. The summed E-state index contributed by atoms with van der Waals surface area (Å²) in [6.07, 6.45) is 4.61. The second kappa shape index (κ2) is 6.64. The van der Waals surface area contributed by atoms with Gasteiger partial charge in [0.15, 0.2) is 5.13 Å². The fourth-order valence-corrected chi connectivity index (χ4v) is 3.92. The van der Waals surface area contributed by atoms with Crippen molar-refractivity contribution in [2.75, 3.05) is 38.2 Å². The highest BCUT2D eigenvalue weighted by atomic mass is 32.1. The number of anilines is 1. The van der Waals surface area contributed by atoms with Gasteiger partial charge in [0.25, 0.3) is 5.91 Å². The number of carbonyl (C=O) groups is 1. The number of amides is 1. The number of para-hydroxylation sites is 1. The van der Waals surface area contributed by atoms with Gasteiger partial charge in [-0.1, -0.05) is 17.4 Å². The molecular formula is C17H17N5O2S. The van der Waals surface area contributed by atoms with Crippen molar-refractivity contribution >= 4 is 32.6 Å². The SMILES string of the molecule is COc1cccc2sc(N3CCN(C(=O)c4cnccn4)CC3)nc12. The molecule has 0 aliphatic carbocycles. The molecule has 3 aromatic rings. The monoisotopic (exact) mass is 355 g/mol. The molecule has 8 heteroatoms. The van der Waals surface area contributed by atoms with Gasteiger partial charge < -0.3 is 14.5 Å². The third-order valence-corrected chi connectivity index (χ3v) is 5.29. The zero-order chi connectivity index (χ0) is 17.2. The van der Waals surface area contributed by atoms with Crippen LogP contribution in [0.1, 0.15) is 10.5 Å². The van der Waals surface area contributed by atoms with E-state index in [1.165, 1.54) is 12.4 Å². The maximum absolute atomic E-state index is 12.4. The Kier molecular flexibility index (Phi) is 4.19. The van der Waals surface area contributed by atoms with Gasteiger partial charge in [-0.25, -0.2) is 9.97 Å². The van der Waals surface area contributed by atoms with Crippen molar-refractivity contribution in [3.63, 3.8) is 0 Å². The highest BCUT2D eigenvalue weighted by Gasteiger charge is 2.25. The molecule has 0 spiro atoms. The molecule has 2 aromatic heterocycles. The molecule has 0 atom stereocenters. The fraction of sp³-hybridized carbons (Fsp3) is 0.294. The van der Waals surface area contributed by atoms with Crippen molar-refractivity contribution < 1.29 is 9.53 Å².